The van der Waals surface area contributed by atoms with Gasteiger partial charge in [-0.1, -0.05) is 42.1 Å². The van der Waals surface area contributed by atoms with Gasteiger partial charge < -0.3 is 11.1 Å². The summed E-state index contributed by atoms with van der Waals surface area (Å²) in [4.78, 5) is 30.4. The van der Waals surface area contributed by atoms with Gasteiger partial charge in [0.2, 0.25) is 21.8 Å². The van der Waals surface area contributed by atoms with Crippen molar-refractivity contribution in [1.82, 2.24) is 14.2 Å². The molecule has 1 atom stereocenters. The van der Waals surface area contributed by atoms with E-state index in [4.69, 9.17) is 5.73 Å². The summed E-state index contributed by atoms with van der Waals surface area (Å²) in [7, 11) is -3.65. The van der Waals surface area contributed by atoms with Gasteiger partial charge >= 0.3 is 0 Å². The van der Waals surface area contributed by atoms with E-state index in [2.05, 4.69) is 27.3 Å². The molecule has 0 spiro atoms. The third-order valence-corrected chi connectivity index (χ3v) is 8.96. The summed E-state index contributed by atoms with van der Waals surface area (Å²) >= 11 is 1.22. The molecule has 11 heteroatoms. The molecule has 1 saturated heterocycles. The first kappa shape index (κ1) is 26.8. The van der Waals surface area contributed by atoms with Gasteiger partial charge in [-0.25, -0.2) is 13.4 Å². The minimum absolute atomic E-state index is 0.139. The number of benzene rings is 2. The quantitative estimate of drug-likeness (QED) is 0.401. The predicted octanol–water partition coefficient (Wildman–Crippen LogP) is 2.81. The second-order valence-electron chi connectivity index (χ2n) is 8.69. The number of hydrogen-bond donors (Lipinski definition) is 2. The van der Waals surface area contributed by atoms with Crippen LogP contribution < -0.4 is 11.1 Å². The number of primary amides is 1. The lowest BCUT2D eigenvalue weighted by Gasteiger charge is -2.33. The Morgan fingerprint density at radius 3 is 2.27 bits per heavy atom. The summed E-state index contributed by atoms with van der Waals surface area (Å²) in [6, 6.07) is 19.6. The van der Waals surface area contributed by atoms with Crippen molar-refractivity contribution in [2.24, 2.45) is 5.73 Å². The Labute approximate surface area is 221 Å². The lowest BCUT2D eigenvalue weighted by molar-refractivity contribution is -0.115. The number of nitrogens with two attached hydrogens (primary N) is 1. The monoisotopic (exact) mass is 539 g/mol. The van der Waals surface area contributed by atoms with Gasteiger partial charge in [0.15, 0.2) is 0 Å². The number of sulfonamides is 1. The molecule has 2 aromatic carbocycles. The summed E-state index contributed by atoms with van der Waals surface area (Å²) in [6.07, 6.45) is 1.35. The molecular formula is C26H29N5O4S2. The van der Waals surface area contributed by atoms with Crippen LogP contribution in [0.3, 0.4) is 0 Å². The van der Waals surface area contributed by atoms with Gasteiger partial charge in [0.25, 0.3) is 0 Å². The average Bonchev–Trinajstić information content (AvgIpc) is 2.90. The second-order valence-corrected chi connectivity index (χ2v) is 12.0. The smallest absolute Gasteiger partial charge is 0.248 e. The van der Waals surface area contributed by atoms with E-state index >= 15 is 0 Å². The maximum Gasteiger partial charge on any atom is 0.248 e. The molecule has 0 bridgehead atoms. The van der Waals surface area contributed by atoms with E-state index < -0.39 is 21.2 Å². The molecule has 1 aromatic heterocycles. The van der Waals surface area contributed by atoms with Crippen molar-refractivity contribution in [2.75, 3.05) is 31.5 Å². The molecule has 194 valence electrons. The van der Waals surface area contributed by atoms with Gasteiger partial charge in [0.05, 0.1) is 10.3 Å². The van der Waals surface area contributed by atoms with E-state index in [-0.39, 0.29) is 10.8 Å². The molecule has 1 aliphatic heterocycles. The number of rotatable bonds is 9. The molecule has 1 fully saturated rings. The van der Waals surface area contributed by atoms with Crippen LogP contribution in [0.5, 0.6) is 0 Å². The number of amides is 2. The Kier molecular flexibility index (Phi) is 8.59. The number of pyridine rings is 1. The number of piperazine rings is 1. The van der Waals surface area contributed by atoms with E-state index in [0.29, 0.717) is 42.5 Å². The Morgan fingerprint density at radius 1 is 1.00 bits per heavy atom. The van der Waals surface area contributed by atoms with Crippen LogP contribution in [0.4, 0.5) is 5.69 Å². The van der Waals surface area contributed by atoms with Gasteiger partial charge in [-0.2, -0.15) is 4.31 Å². The standard InChI is InChI=1S/C26H29N5O4S2/c1-19(26(33)29-22-9-7-21(8-10-22)25(27)32)36-24-12-11-23(17-28-24)37(34,35)31-15-13-30(14-16-31)18-20-5-3-2-4-6-20/h2-12,17,19H,13-16,18H2,1H3,(H2,27,32)(H,29,33)/t19-/m0/s1. The lowest BCUT2D eigenvalue weighted by atomic mass is 10.2. The summed E-state index contributed by atoms with van der Waals surface area (Å²) in [6.45, 7) is 4.69. The Hall–Kier alpha value is -3.25. The molecule has 9 nitrogen and oxygen atoms in total. The molecule has 4 rings (SSSR count). The number of nitrogens with zero attached hydrogens (tertiary/aromatic N) is 3. The first-order valence-electron chi connectivity index (χ1n) is 11.8. The van der Waals surface area contributed by atoms with Crippen LogP contribution in [0, 0.1) is 0 Å². The predicted molar refractivity (Wildman–Crippen MR) is 144 cm³/mol. The largest absolute Gasteiger partial charge is 0.366 e. The van der Waals surface area contributed by atoms with Crippen LogP contribution in [0.1, 0.15) is 22.8 Å². The highest BCUT2D eigenvalue weighted by Crippen LogP contribution is 2.25. The molecule has 0 saturated carbocycles. The zero-order valence-electron chi connectivity index (χ0n) is 20.4. The van der Waals surface area contributed by atoms with Crippen LogP contribution in [-0.4, -0.2) is 65.9 Å². The van der Waals surface area contributed by atoms with Crippen LogP contribution in [0.25, 0.3) is 0 Å². The third kappa shape index (κ3) is 6.95. The molecule has 0 radical (unpaired) electrons. The fraction of sp³-hybridized carbons (Fsp3) is 0.269. The first-order valence-corrected chi connectivity index (χ1v) is 14.1. The highest BCUT2D eigenvalue weighted by atomic mass is 32.2. The summed E-state index contributed by atoms with van der Waals surface area (Å²) in [5.41, 5.74) is 7.34. The Bertz CT molecular complexity index is 1330. The topological polar surface area (TPSA) is 126 Å². The van der Waals surface area contributed by atoms with E-state index in [1.54, 1.807) is 37.3 Å². The molecule has 1 aliphatic rings. The number of hydrogen-bond acceptors (Lipinski definition) is 7. The van der Waals surface area contributed by atoms with Crippen LogP contribution in [0.2, 0.25) is 0 Å². The molecule has 2 heterocycles. The fourth-order valence-corrected chi connectivity index (χ4v) is 6.06. The van der Waals surface area contributed by atoms with E-state index in [9.17, 15) is 18.0 Å². The van der Waals surface area contributed by atoms with E-state index in [1.165, 1.54) is 33.9 Å². The van der Waals surface area contributed by atoms with Crippen molar-refractivity contribution in [3.05, 3.63) is 84.1 Å². The number of aromatic nitrogens is 1. The van der Waals surface area contributed by atoms with Gasteiger partial charge in [0, 0.05) is 50.2 Å². The van der Waals surface area contributed by atoms with Crippen LogP contribution >= 0.6 is 11.8 Å². The van der Waals surface area contributed by atoms with Crippen molar-refractivity contribution in [3.8, 4) is 0 Å². The van der Waals surface area contributed by atoms with Crippen molar-refractivity contribution < 1.29 is 18.0 Å². The molecular weight excluding hydrogens is 510 g/mol. The SMILES string of the molecule is C[C@H](Sc1ccc(S(=O)(=O)N2CCN(Cc3ccccc3)CC2)cn1)C(=O)Nc1ccc(C(N)=O)cc1. The number of nitrogens with one attached hydrogen (secondary N) is 1. The fourth-order valence-electron chi connectivity index (χ4n) is 3.90. The number of carbonyl (C=O) groups excluding carboxylic acids is 2. The van der Waals surface area contributed by atoms with Gasteiger partial charge in [0.1, 0.15) is 4.90 Å². The average molecular weight is 540 g/mol. The molecule has 0 unspecified atom stereocenters. The van der Waals surface area contributed by atoms with Crippen molar-refractivity contribution >= 4 is 39.3 Å². The highest BCUT2D eigenvalue weighted by molar-refractivity contribution is 8.00. The first-order chi connectivity index (χ1) is 17.7. The minimum atomic E-state index is -3.65. The van der Waals surface area contributed by atoms with Crippen LogP contribution in [0.15, 0.2) is 82.8 Å². The zero-order chi connectivity index (χ0) is 26.4. The normalized spacial score (nSPS) is 15.7. The number of thioether (sulfide) groups is 1. The van der Waals surface area contributed by atoms with Gasteiger partial charge in [-0.05, 0) is 48.9 Å². The van der Waals surface area contributed by atoms with Crippen molar-refractivity contribution in [3.63, 3.8) is 0 Å². The molecule has 3 N–H and O–H groups in total. The summed E-state index contributed by atoms with van der Waals surface area (Å²) < 4.78 is 27.8. The number of anilines is 1. The summed E-state index contributed by atoms with van der Waals surface area (Å²) in [5.74, 6) is -0.785. The maximum absolute atomic E-state index is 13.1. The third-order valence-electron chi connectivity index (χ3n) is 6.03. The Balaban J connectivity index is 1.30. The minimum Gasteiger partial charge on any atom is -0.366 e. The van der Waals surface area contributed by atoms with Crippen molar-refractivity contribution in [1.29, 1.82) is 0 Å². The van der Waals surface area contributed by atoms with Gasteiger partial charge in [-0.15, -0.1) is 0 Å². The van der Waals surface area contributed by atoms with Crippen LogP contribution in [-0.2, 0) is 21.4 Å². The van der Waals surface area contributed by atoms with Crippen molar-refractivity contribution in [2.45, 2.75) is 28.6 Å². The molecule has 3 aromatic rings. The van der Waals surface area contributed by atoms with Gasteiger partial charge in [-0.3, -0.25) is 14.5 Å². The molecule has 2 amide bonds. The second kappa shape index (κ2) is 11.9. The lowest BCUT2D eigenvalue weighted by Crippen LogP contribution is -2.48. The molecule has 37 heavy (non-hydrogen) atoms. The van der Waals surface area contributed by atoms with E-state index in [0.717, 1.165) is 6.54 Å². The highest BCUT2D eigenvalue weighted by Gasteiger charge is 2.29. The summed E-state index contributed by atoms with van der Waals surface area (Å²) in [5, 5.41) is 2.84. The zero-order valence-corrected chi connectivity index (χ0v) is 22.0. The van der Waals surface area contributed by atoms with E-state index in [1.807, 2.05) is 18.2 Å². The number of carbonyl (C=O) groups is 2. The maximum atomic E-state index is 13.1. The Morgan fingerprint density at radius 2 is 1.68 bits per heavy atom. The molecule has 0 aliphatic carbocycles.